The Balaban J connectivity index is 1.58. The van der Waals surface area contributed by atoms with Crippen molar-refractivity contribution in [3.63, 3.8) is 0 Å². The van der Waals surface area contributed by atoms with Crippen molar-refractivity contribution in [1.82, 2.24) is 0 Å². The Morgan fingerprint density at radius 2 is 1.63 bits per heavy atom. The second kappa shape index (κ2) is 6.55. The average Bonchev–Trinajstić information content (AvgIpc) is 2.92. The number of fused-ring (bicyclic) bond motifs is 5. The highest BCUT2D eigenvalue weighted by Gasteiger charge is 2.61. The van der Waals surface area contributed by atoms with Gasteiger partial charge in [-0.15, -0.1) is 0 Å². The number of nitrogens with zero attached hydrogens (tertiary/aromatic N) is 1. The molecule has 0 saturated heterocycles. The van der Waals surface area contributed by atoms with Crippen LogP contribution in [-0.4, -0.2) is 27.8 Å². The van der Waals surface area contributed by atoms with E-state index in [9.17, 15) is 10.2 Å². The molecule has 4 aliphatic carbocycles. The van der Waals surface area contributed by atoms with E-state index < -0.39 is 11.8 Å². The maximum absolute atomic E-state index is 10.6. The van der Waals surface area contributed by atoms with Crippen molar-refractivity contribution in [3.05, 3.63) is 0 Å². The van der Waals surface area contributed by atoms with Crippen LogP contribution in [0.25, 0.3) is 0 Å². The number of aliphatic imine (C=N–C) groups is 1. The molecule has 0 aliphatic heterocycles. The lowest BCUT2D eigenvalue weighted by atomic mass is 9.44. The monoisotopic (exact) mass is 375 g/mol. The van der Waals surface area contributed by atoms with Gasteiger partial charge in [0.05, 0.1) is 5.60 Å². The Morgan fingerprint density at radius 1 is 0.926 bits per heavy atom. The third kappa shape index (κ3) is 3.12. The molecule has 9 atom stereocenters. The molecule has 0 aromatic heterocycles. The molecule has 0 spiro atoms. The highest BCUT2D eigenvalue weighted by atomic mass is 16.3. The molecule has 4 fully saturated rings. The lowest BCUT2D eigenvalue weighted by Crippen LogP contribution is -2.55. The van der Waals surface area contributed by atoms with Gasteiger partial charge in [-0.25, -0.2) is 0 Å². The van der Waals surface area contributed by atoms with Crippen LogP contribution in [0.2, 0.25) is 0 Å². The minimum Gasteiger partial charge on any atom is -0.390 e. The lowest BCUT2D eigenvalue weighted by molar-refractivity contribution is -0.144. The number of aliphatic hydroxyl groups is 2. The molecule has 3 heteroatoms. The minimum absolute atomic E-state index is 0.368. The third-order valence-electron chi connectivity index (χ3n) is 9.85. The van der Waals surface area contributed by atoms with Crippen LogP contribution in [0.5, 0.6) is 0 Å². The molecule has 0 amide bonds. The van der Waals surface area contributed by atoms with Gasteiger partial charge in [0.1, 0.15) is 6.23 Å². The Morgan fingerprint density at radius 3 is 2.33 bits per heavy atom. The summed E-state index contributed by atoms with van der Waals surface area (Å²) in [6.07, 6.45) is 10.6. The van der Waals surface area contributed by atoms with Crippen LogP contribution in [0.15, 0.2) is 4.99 Å². The Hall–Kier alpha value is -0.410. The fourth-order valence-corrected chi connectivity index (χ4v) is 8.50. The van der Waals surface area contributed by atoms with E-state index in [4.69, 9.17) is 0 Å². The average molecular weight is 376 g/mol. The molecule has 0 radical (unpaired) electrons. The number of hydrogen-bond donors (Lipinski definition) is 2. The molecule has 0 aromatic carbocycles. The van der Waals surface area contributed by atoms with Crippen LogP contribution in [0.3, 0.4) is 0 Å². The minimum atomic E-state index is -0.576. The van der Waals surface area contributed by atoms with Crippen molar-refractivity contribution in [2.75, 3.05) is 0 Å². The van der Waals surface area contributed by atoms with E-state index in [2.05, 4.69) is 32.7 Å². The summed E-state index contributed by atoms with van der Waals surface area (Å²) in [7, 11) is 0. The van der Waals surface area contributed by atoms with Gasteiger partial charge in [0.15, 0.2) is 0 Å². The predicted octanol–water partition coefficient (Wildman–Crippen LogP) is 5.20. The smallest absolute Gasteiger partial charge is 0.142 e. The van der Waals surface area contributed by atoms with E-state index in [1.54, 1.807) is 6.92 Å². The first-order valence-corrected chi connectivity index (χ1v) is 11.5. The van der Waals surface area contributed by atoms with Crippen molar-refractivity contribution in [1.29, 1.82) is 0 Å². The summed E-state index contributed by atoms with van der Waals surface area (Å²) < 4.78 is 0. The van der Waals surface area contributed by atoms with Gasteiger partial charge in [0, 0.05) is 11.6 Å². The largest absolute Gasteiger partial charge is 0.390 e. The molecule has 4 saturated carbocycles. The summed E-state index contributed by atoms with van der Waals surface area (Å²) in [5.74, 6) is 3.79. The number of hydrogen-bond acceptors (Lipinski definition) is 3. The molecule has 27 heavy (non-hydrogen) atoms. The van der Waals surface area contributed by atoms with E-state index in [0.29, 0.717) is 22.7 Å². The van der Waals surface area contributed by atoms with Crippen LogP contribution >= 0.6 is 0 Å². The van der Waals surface area contributed by atoms with Crippen molar-refractivity contribution >= 4 is 5.71 Å². The van der Waals surface area contributed by atoms with Gasteiger partial charge < -0.3 is 10.2 Å². The van der Waals surface area contributed by atoms with Gasteiger partial charge in [-0.3, -0.25) is 4.99 Å². The number of aliphatic hydroxyl groups excluding tert-OH is 1. The van der Waals surface area contributed by atoms with Gasteiger partial charge in [-0.1, -0.05) is 13.8 Å². The molecule has 3 unspecified atom stereocenters. The van der Waals surface area contributed by atoms with Gasteiger partial charge in [-0.05, 0) is 113 Å². The molecule has 4 aliphatic rings. The van der Waals surface area contributed by atoms with E-state index in [1.807, 2.05) is 0 Å². The Labute approximate surface area is 166 Å². The summed E-state index contributed by atoms with van der Waals surface area (Å²) in [6.45, 7) is 11.1. The summed E-state index contributed by atoms with van der Waals surface area (Å²) >= 11 is 0. The van der Waals surface area contributed by atoms with E-state index in [1.165, 1.54) is 50.7 Å². The van der Waals surface area contributed by atoms with Crippen molar-refractivity contribution in [3.8, 4) is 0 Å². The standard InChI is InChI=1S/C24H41NO2/c1-15(25-16(2)26)19-8-9-20-18-7-6-17-14-22(3,27)12-13-23(17,4)21(18)10-11-24(19,20)5/h16-21,26-27H,6-14H2,1-5H3/t16?,17?,18-,19+,20-,21-,22?,23-,24+/m0/s1. The first kappa shape index (κ1) is 19.9. The first-order valence-electron chi connectivity index (χ1n) is 11.5. The van der Waals surface area contributed by atoms with Crippen LogP contribution in [-0.2, 0) is 0 Å². The zero-order chi connectivity index (χ0) is 19.6. The summed E-state index contributed by atoms with van der Waals surface area (Å²) in [5.41, 5.74) is 1.55. The topological polar surface area (TPSA) is 52.8 Å². The van der Waals surface area contributed by atoms with E-state index in [-0.39, 0.29) is 0 Å². The highest BCUT2D eigenvalue weighted by Crippen LogP contribution is 2.68. The first-order chi connectivity index (χ1) is 12.6. The maximum atomic E-state index is 10.6. The summed E-state index contributed by atoms with van der Waals surface area (Å²) in [4.78, 5) is 4.54. The molecule has 2 N–H and O–H groups in total. The lowest BCUT2D eigenvalue weighted by Gasteiger charge is -2.62. The predicted molar refractivity (Wildman–Crippen MR) is 111 cm³/mol. The van der Waals surface area contributed by atoms with Crippen molar-refractivity contribution in [2.24, 2.45) is 45.4 Å². The van der Waals surface area contributed by atoms with Crippen molar-refractivity contribution < 1.29 is 10.2 Å². The third-order valence-corrected chi connectivity index (χ3v) is 9.85. The highest BCUT2D eigenvalue weighted by molar-refractivity contribution is 5.85. The van der Waals surface area contributed by atoms with Gasteiger partial charge >= 0.3 is 0 Å². The Bertz CT molecular complexity index is 612. The van der Waals surface area contributed by atoms with Crippen LogP contribution in [0, 0.1) is 40.4 Å². The van der Waals surface area contributed by atoms with Gasteiger partial charge in [-0.2, -0.15) is 0 Å². The van der Waals surface area contributed by atoms with Crippen molar-refractivity contribution in [2.45, 2.75) is 104 Å². The molecule has 0 bridgehead atoms. The summed E-state index contributed by atoms with van der Waals surface area (Å²) in [5, 5.41) is 20.4. The summed E-state index contributed by atoms with van der Waals surface area (Å²) in [6, 6.07) is 0. The second-order valence-corrected chi connectivity index (χ2v) is 11.4. The fourth-order valence-electron chi connectivity index (χ4n) is 8.50. The zero-order valence-corrected chi connectivity index (χ0v) is 18.2. The van der Waals surface area contributed by atoms with Crippen LogP contribution in [0.4, 0.5) is 0 Å². The quantitative estimate of drug-likeness (QED) is 0.652. The Kier molecular flexibility index (Phi) is 4.83. The molecular formula is C24H41NO2. The SMILES string of the molecule is CC(=NC(C)O)[C@H]1CC[C@H]2[C@@H]3CCC4CC(C)(O)CC[C@]4(C)[C@H]3CC[C@]12C. The normalized spacial score (nSPS) is 54.0. The molecule has 0 heterocycles. The van der Waals surface area contributed by atoms with E-state index in [0.717, 1.165) is 30.6 Å². The van der Waals surface area contributed by atoms with Gasteiger partial charge in [0.2, 0.25) is 0 Å². The van der Waals surface area contributed by atoms with Gasteiger partial charge in [0.25, 0.3) is 0 Å². The molecular weight excluding hydrogens is 334 g/mol. The molecule has 3 nitrogen and oxygen atoms in total. The van der Waals surface area contributed by atoms with E-state index >= 15 is 0 Å². The molecule has 154 valence electrons. The zero-order valence-electron chi connectivity index (χ0n) is 18.2. The van der Waals surface area contributed by atoms with Crippen LogP contribution in [0.1, 0.15) is 92.4 Å². The second-order valence-electron chi connectivity index (χ2n) is 11.4. The number of rotatable bonds is 2. The fraction of sp³-hybridized carbons (Fsp3) is 0.958. The molecule has 4 rings (SSSR count). The maximum Gasteiger partial charge on any atom is 0.142 e. The van der Waals surface area contributed by atoms with Crippen LogP contribution < -0.4 is 0 Å². The molecule has 0 aromatic rings.